The minimum atomic E-state index is -0.325. The Morgan fingerprint density at radius 2 is 2.02 bits per heavy atom. The zero-order valence-corrected chi connectivity index (χ0v) is 23.5. The summed E-state index contributed by atoms with van der Waals surface area (Å²) in [5.41, 5.74) is 3.83. The first kappa shape index (κ1) is 26.2. The van der Waals surface area contributed by atoms with Gasteiger partial charge in [0.25, 0.3) is 5.91 Å². The lowest BCUT2D eigenvalue weighted by Crippen LogP contribution is -2.46. The normalized spacial score (nSPS) is 17.1. The lowest BCUT2D eigenvalue weighted by molar-refractivity contribution is 0.0917. The van der Waals surface area contributed by atoms with Gasteiger partial charge in [-0.15, -0.1) is 11.3 Å². The van der Waals surface area contributed by atoms with Crippen LogP contribution >= 0.6 is 11.3 Å². The fourth-order valence-electron chi connectivity index (χ4n) is 5.46. The quantitative estimate of drug-likeness (QED) is 0.287. The topological polar surface area (TPSA) is 96.0 Å². The third-order valence-corrected chi connectivity index (χ3v) is 8.36. The molecule has 0 bridgehead atoms. The number of hydrogen-bond acceptors (Lipinski definition) is 7. The fraction of sp³-hybridized carbons (Fsp3) is 0.300. The highest BCUT2D eigenvalue weighted by Crippen LogP contribution is 2.46. The molecule has 1 fully saturated rings. The summed E-state index contributed by atoms with van der Waals surface area (Å²) in [7, 11) is 3.72. The van der Waals surface area contributed by atoms with Gasteiger partial charge < -0.3 is 25.0 Å². The zero-order valence-electron chi connectivity index (χ0n) is 22.7. The van der Waals surface area contributed by atoms with E-state index in [1.807, 2.05) is 55.5 Å². The first-order valence-electron chi connectivity index (χ1n) is 13.3. The van der Waals surface area contributed by atoms with Crippen LogP contribution in [0.1, 0.15) is 33.6 Å². The molecule has 1 saturated heterocycles. The molecule has 6 rings (SSSR count). The van der Waals surface area contributed by atoms with Crippen molar-refractivity contribution in [3.63, 3.8) is 0 Å². The maximum atomic E-state index is 13.5. The van der Waals surface area contributed by atoms with Crippen molar-refractivity contribution in [1.82, 2.24) is 15.2 Å². The van der Waals surface area contributed by atoms with Gasteiger partial charge in [-0.1, -0.05) is 12.1 Å². The monoisotopic (exact) mass is 557 g/mol. The van der Waals surface area contributed by atoms with E-state index in [0.29, 0.717) is 39.2 Å². The average Bonchev–Trinajstić information content (AvgIpc) is 3.30. The van der Waals surface area contributed by atoms with Gasteiger partial charge in [-0.05, 0) is 80.9 Å². The number of aromatic nitrogens is 1. The van der Waals surface area contributed by atoms with Gasteiger partial charge in [-0.2, -0.15) is 0 Å². The van der Waals surface area contributed by atoms with Crippen molar-refractivity contribution in [3.8, 4) is 11.5 Å². The van der Waals surface area contributed by atoms with Crippen LogP contribution in [0.5, 0.6) is 11.5 Å². The number of likely N-dealkylation sites (tertiary alicyclic amines) is 1. The molecule has 3 amide bonds. The number of nitrogens with one attached hydrogen (secondary N) is 2. The molecule has 2 aromatic carbocycles. The summed E-state index contributed by atoms with van der Waals surface area (Å²) in [5, 5.41) is 6.93. The van der Waals surface area contributed by atoms with Crippen LogP contribution in [0.25, 0.3) is 10.2 Å². The predicted molar refractivity (Wildman–Crippen MR) is 157 cm³/mol. The molecule has 1 atom stereocenters. The van der Waals surface area contributed by atoms with Crippen molar-refractivity contribution in [1.29, 1.82) is 0 Å². The van der Waals surface area contributed by atoms with E-state index in [2.05, 4.69) is 27.6 Å². The summed E-state index contributed by atoms with van der Waals surface area (Å²) in [6.45, 7) is 4.30. The maximum Gasteiger partial charge on any atom is 0.331 e. The van der Waals surface area contributed by atoms with E-state index < -0.39 is 0 Å². The molecule has 2 N–H and O–H groups in total. The molecular formula is C30H31N5O4S. The highest BCUT2D eigenvalue weighted by atomic mass is 32.1. The molecule has 1 unspecified atom stereocenters. The smallest absolute Gasteiger partial charge is 0.331 e. The van der Waals surface area contributed by atoms with E-state index in [0.717, 1.165) is 48.1 Å². The second-order valence-electron chi connectivity index (χ2n) is 10.3. The summed E-state index contributed by atoms with van der Waals surface area (Å²) in [4.78, 5) is 36.4. The second-order valence-corrected chi connectivity index (χ2v) is 11.3. The van der Waals surface area contributed by atoms with Crippen LogP contribution < -0.4 is 20.3 Å². The third kappa shape index (κ3) is 5.01. The third-order valence-electron chi connectivity index (χ3n) is 7.27. The van der Waals surface area contributed by atoms with Gasteiger partial charge in [0, 0.05) is 25.9 Å². The second kappa shape index (κ2) is 10.9. The molecule has 40 heavy (non-hydrogen) atoms. The molecule has 4 heterocycles. The number of amides is 3. The number of benzene rings is 2. The van der Waals surface area contributed by atoms with Crippen molar-refractivity contribution in [3.05, 3.63) is 70.7 Å². The molecule has 0 radical (unpaired) electrons. The number of urea groups is 1. The molecule has 4 aromatic rings. The number of carbonyl (C=O) groups is 2. The van der Waals surface area contributed by atoms with Crippen molar-refractivity contribution in [2.24, 2.45) is 0 Å². The van der Waals surface area contributed by atoms with Crippen LogP contribution in [0.4, 0.5) is 21.9 Å². The van der Waals surface area contributed by atoms with Gasteiger partial charge in [0.1, 0.15) is 21.2 Å². The van der Waals surface area contributed by atoms with Gasteiger partial charge in [0.05, 0.1) is 29.1 Å². The SMILES string of the molecule is COCc1cccc(Oc2ccc(N3C(=O)Nc4c(C(=O)NC5CCCN(C)C5)sc5nccc3c45)c(C)c2)c1. The van der Waals surface area contributed by atoms with Gasteiger partial charge in [-0.3, -0.25) is 9.69 Å². The molecule has 9 nitrogen and oxygen atoms in total. The summed E-state index contributed by atoms with van der Waals surface area (Å²) in [5.74, 6) is 1.20. The van der Waals surface area contributed by atoms with E-state index in [-0.39, 0.29) is 18.0 Å². The van der Waals surface area contributed by atoms with Crippen LogP contribution in [0.3, 0.4) is 0 Å². The molecule has 2 aliphatic rings. The number of likely N-dealkylation sites (N-methyl/N-ethyl adjacent to an activating group) is 1. The maximum absolute atomic E-state index is 13.5. The lowest BCUT2D eigenvalue weighted by atomic mass is 10.1. The van der Waals surface area contributed by atoms with E-state index in [4.69, 9.17) is 9.47 Å². The first-order valence-corrected chi connectivity index (χ1v) is 14.1. The molecule has 2 aliphatic heterocycles. The molecule has 0 saturated carbocycles. The van der Waals surface area contributed by atoms with E-state index in [9.17, 15) is 9.59 Å². The summed E-state index contributed by atoms with van der Waals surface area (Å²) in [6, 6.07) is 15.0. The summed E-state index contributed by atoms with van der Waals surface area (Å²) >= 11 is 1.30. The Kier molecular flexibility index (Phi) is 7.14. The number of hydrogen-bond donors (Lipinski definition) is 2. The van der Waals surface area contributed by atoms with Crippen LogP contribution in [-0.2, 0) is 11.3 Å². The van der Waals surface area contributed by atoms with Gasteiger partial charge in [0.2, 0.25) is 0 Å². The van der Waals surface area contributed by atoms with Crippen molar-refractivity contribution < 1.29 is 19.1 Å². The highest BCUT2D eigenvalue weighted by molar-refractivity contribution is 7.21. The molecule has 10 heteroatoms. The van der Waals surface area contributed by atoms with E-state index in [1.54, 1.807) is 18.2 Å². The van der Waals surface area contributed by atoms with Crippen molar-refractivity contribution in [2.45, 2.75) is 32.4 Å². The molecule has 206 valence electrons. The molecule has 0 aliphatic carbocycles. The number of piperidine rings is 1. The molecule has 0 spiro atoms. The van der Waals surface area contributed by atoms with Crippen LogP contribution in [0.15, 0.2) is 54.7 Å². The highest BCUT2D eigenvalue weighted by Gasteiger charge is 2.34. The summed E-state index contributed by atoms with van der Waals surface area (Å²) < 4.78 is 11.3. The first-order chi connectivity index (χ1) is 19.4. The number of nitrogens with zero attached hydrogens (tertiary/aromatic N) is 3. The molecular weight excluding hydrogens is 526 g/mol. The number of ether oxygens (including phenoxy) is 2. The van der Waals surface area contributed by atoms with Crippen LogP contribution in [0.2, 0.25) is 0 Å². The molecule has 2 aromatic heterocycles. The summed E-state index contributed by atoms with van der Waals surface area (Å²) in [6.07, 6.45) is 3.67. The van der Waals surface area contributed by atoms with Gasteiger partial charge in [-0.25, -0.2) is 9.78 Å². The Morgan fingerprint density at radius 3 is 2.83 bits per heavy atom. The largest absolute Gasteiger partial charge is 0.457 e. The van der Waals surface area contributed by atoms with E-state index >= 15 is 0 Å². The average molecular weight is 558 g/mol. The lowest BCUT2D eigenvalue weighted by Gasteiger charge is -2.31. The number of anilines is 3. The predicted octanol–water partition coefficient (Wildman–Crippen LogP) is 6.05. The Balaban J connectivity index is 1.29. The Bertz CT molecular complexity index is 1600. The number of aryl methyl sites for hydroxylation is 1. The van der Waals surface area contributed by atoms with Crippen LogP contribution in [-0.4, -0.2) is 55.1 Å². The number of carbonyl (C=O) groups excluding carboxylic acids is 2. The fourth-order valence-corrected chi connectivity index (χ4v) is 6.48. The minimum Gasteiger partial charge on any atom is -0.457 e. The van der Waals surface area contributed by atoms with Gasteiger partial charge in [0.15, 0.2) is 0 Å². The standard InChI is InChI=1S/C30H31N5O4S/c1-18-14-22(39-21-8-4-6-19(15-21)17-38-3)9-10-23(18)35-24-11-12-31-29-25(24)26(33-30(35)37)27(40-29)28(36)32-20-7-5-13-34(2)16-20/h4,6,8-12,14-15,20H,5,7,13,16-17H2,1-3H3,(H,32,36)(H,33,37). The number of rotatable bonds is 7. The van der Waals surface area contributed by atoms with Crippen molar-refractivity contribution in [2.75, 3.05) is 37.5 Å². The number of methoxy groups -OCH3 is 1. The number of pyridine rings is 1. The Hall–Kier alpha value is -3.99. The Labute approximate surface area is 236 Å². The number of thiophene rings is 1. The van der Waals surface area contributed by atoms with E-state index in [1.165, 1.54) is 11.3 Å². The zero-order chi connectivity index (χ0) is 27.8. The minimum absolute atomic E-state index is 0.0812. The van der Waals surface area contributed by atoms with Gasteiger partial charge >= 0.3 is 6.03 Å². The van der Waals surface area contributed by atoms with Crippen LogP contribution in [0, 0.1) is 6.92 Å². The van der Waals surface area contributed by atoms with Crippen molar-refractivity contribution >= 4 is 50.6 Å². The Morgan fingerprint density at radius 1 is 1.18 bits per heavy atom.